The van der Waals surface area contributed by atoms with Crippen LogP contribution in [0.1, 0.15) is 31.3 Å². The van der Waals surface area contributed by atoms with Crippen LogP contribution in [0.4, 0.5) is 5.82 Å². The minimum atomic E-state index is -0.126. The van der Waals surface area contributed by atoms with Gasteiger partial charge in [0.15, 0.2) is 5.82 Å². The van der Waals surface area contributed by atoms with E-state index in [1.165, 1.54) is 0 Å². The number of anilines is 1. The molecular formula is C10H18N4O. The molecule has 0 bridgehead atoms. The van der Waals surface area contributed by atoms with Crippen LogP contribution in [0, 0.1) is 5.92 Å². The lowest BCUT2D eigenvalue weighted by Crippen LogP contribution is -2.15. The molecule has 0 aromatic carbocycles. The molecule has 84 valence electrons. The summed E-state index contributed by atoms with van der Waals surface area (Å²) in [7, 11) is 1.64. The second kappa shape index (κ2) is 5.04. The molecule has 4 N–H and O–H groups in total. The van der Waals surface area contributed by atoms with Crippen LogP contribution < -0.4 is 11.5 Å². The van der Waals surface area contributed by atoms with Crippen molar-refractivity contribution >= 4 is 5.82 Å². The van der Waals surface area contributed by atoms with E-state index in [1.807, 2.05) is 13.8 Å². The number of rotatable bonds is 4. The van der Waals surface area contributed by atoms with E-state index in [9.17, 15) is 0 Å². The highest BCUT2D eigenvalue weighted by atomic mass is 16.5. The van der Waals surface area contributed by atoms with E-state index < -0.39 is 0 Å². The summed E-state index contributed by atoms with van der Waals surface area (Å²) in [5, 5.41) is 0. The van der Waals surface area contributed by atoms with Crippen LogP contribution in [0.5, 0.6) is 0 Å². The highest BCUT2D eigenvalue weighted by molar-refractivity contribution is 5.37. The first-order chi connectivity index (χ1) is 7.10. The molecule has 0 radical (unpaired) electrons. The SMILES string of the molecule is COC(c1ncc(CN)c(N)n1)C(C)C. The Morgan fingerprint density at radius 2 is 2.13 bits per heavy atom. The molecule has 5 nitrogen and oxygen atoms in total. The predicted octanol–water partition coefficient (Wildman–Crippen LogP) is 0.861. The third-order valence-electron chi connectivity index (χ3n) is 2.25. The topological polar surface area (TPSA) is 87.0 Å². The van der Waals surface area contributed by atoms with Crippen LogP contribution in [-0.2, 0) is 11.3 Å². The summed E-state index contributed by atoms with van der Waals surface area (Å²) in [5.41, 5.74) is 12.0. The molecule has 1 aromatic heterocycles. The molecule has 0 aliphatic rings. The summed E-state index contributed by atoms with van der Waals surface area (Å²) in [5.74, 6) is 1.35. The van der Waals surface area contributed by atoms with Gasteiger partial charge in [0.2, 0.25) is 0 Å². The van der Waals surface area contributed by atoms with Crippen molar-refractivity contribution in [2.45, 2.75) is 26.5 Å². The van der Waals surface area contributed by atoms with Gasteiger partial charge in [-0.2, -0.15) is 0 Å². The Kier molecular flexibility index (Phi) is 3.99. The molecule has 15 heavy (non-hydrogen) atoms. The van der Waals surface area contributed by atoms with E-state index in [0.29, 0.717) is 24.1 Å². The predicted molar refractivity (Wildman–Crippen MR) is 58.9 cm³/mol. The van der Waals surface area contributed by atoms with Crippen molar-refractivity contribution < 1.29 is 4.74 Å². The van der Waals surface area contributed by atoms with E-state index in [2.05, 4.69) is 9.97 Å². The number of methoxy groups -OCH3 is 1. The normalized spacial score (nSPS) is 13.1. The number of hydrogen-bond acceptors (Lipinski definition) is 5. The van der Waals surface area contributed by atoms with Crippen LogP contribution in [0.25, 0.3) is 0 Å². The lowest BCUT2D eigenvalue weighted by molar-refractivity contribution is 0.0575. The van der Waals surface area contributed by atoms with E-state index in [-0.39, 0.29) is 6.10 Å². The average Bonchev–Trinajstić information content (AvgIpc) is 2.18. The maximum Gasteiger partial charge on any atom is 0.159 e. The largest absolute Gasteiger partial charge is 0.383 e. The Morgan fingerprint density at radius 3 is 2.53 bits per heavy atom. The first-order valence-electron chi connectivity index (χ1n) is 4.94. The van der Waals surface area contributed by atoms with E-state index in [4.69, 9.17) is 16.2 Å². The van der Waals surface area contributed by atoms with Gasteiger partial charge in [0.1, 0.15) is 11.9 Å². The molecule has 1 heterocycles. The molecule has 0 spiro atoms. The Labute approximate surface area is 89.9 Å². The Bertz CT molecular complexity index is 327. The molecule has 0 amide bonds. The first kappa shape index (κ1) is 11.9. The van der Waals surface area contributed by atoms with Gasteiger partial charge in [0, 0.05) is 25.4 Å². The van der Waals surface area contributed by atoms with Crippen molar-refractivity contribution in [1.29, 1.82) is 0 Å². The van der Waals surface area contributed by atoms with Crippen LogP contribution in [0.3, 0.4) is 0 Å². The van der Waals surface area contributed by atoms with Gasteiger partial charge in [-0.25, -0.2) is 9.97 Å². The maximum absolute atomic E-state index is 5.74. The maximum atomic E-state index is 5.74. The number of hydrogen-bond donors (Lipinski definition) is 2. The highest BCUT2D eigenvalue weighted by Crippen LogP contribution is 2.22. The molecule has 0 aliphatic heterocycles. The van der Waals surface area contributed by atoms with E-state index >= 15 is 0 Å². The highest BCUT2D eigenvalue weighted by Gasteiger charge is 2.18. The fraction of sp³-hybridized carbons (Fsp3) is 0.600. The van der Waals surface area contributed by atoms with Crippen molar-refractivity contribution in [3.05, 3.63) is 17.6 Å². The molecule has 1 unspecified atom stereocenters. The Balaban J connectivity index is 3.00. The summed E-state index contributed by atoms with van der Waals surface area (Å²) in [6.45, 7) is 4.45. The van der Waals surface area contributed by atoms with E-state index in [0.717, 1.165) is 5.56 Å². The molecule has 0 saturated heterocycles. The zero-order valence-electron chi connectivity index (χ0n) is 9.40. The summed E-state index contributed by atoms with van der Waals surface area (Å²) in [6, 6.07) is 0. The van der Waals surface area contributed by atoms with Gasteiger partial charge >= 0.3 is 0 Å². The van der Waals surface area contributed by atoms with Crippen LogP contribution in [0.2, 0.25) is 0 Å². The fourth-order valence-electron chi connectivity index (χ4n) is 1.40. The molecule has 1 aromatic rings. The van der Waals surface area contributed by atoms with Gasteiger partial charge in [0.05, 0.1) is 0 Å². The monoisotopic (exact) mass is 210 g/mol. The lowest BCUT2D eigenvalue weighted by Gasteiger charge is -2.18. The zero-order valence-corrected chi connectivity index (χ0v) is 9.40. The van der Waals surface area contributed by atoms with Gasteiger partial charge in [-0.05, 0) is 5.92 Å². The van der Waals surface area contributed by atoms with E-state index in [1.54, 1.807) is 13.3 Å². The van der Waals surface area contributed by atoms with Crippen molar-refractivity contribution in [3.8, 4) is 0 Å². The minimum Gasteiger partial charge on any atom is -0.383 e. The Morgan fingerprint density at radius 1 is 1.47 bits per heavy atom. The van der Waals surface area contributed by atoms with Crippen LogP contribution in [-0.4, -0.2) is 17.1 Å². The van der Waals surface area contributed by atoms with Gasteiger partial charge in [-0.15, -0.1) is 0 Å². The summed E-state index contributed by atoms with van der Waals surface area (Å²) in [4.78, 5) is 8.40. The molecule has 0 saturated carbocycles. The minimum absolute atomic E-state index is 0.126. The zero-order chi connectivity index (χ0) is 11.4. The smallest absolute Gasteiger partial charge is 0.159 e. The first-order valence-corrected chi connectivity index (χ1v) is 4.94. The third kappa shape index (κ3) is 2.64. The number of ether oxygens (including phenoxy) is 1. The quantitative estimate of drug-likeness (QED) is 0.769. The summed E-state index contributed by atoms with van der Waals surface area (Å²) < 4.78 is 5.31. The number of nitrogen functional groups attached to an aromatic ring is 1. The van der Waals surface area contributed by atoms with Crippen molar-refractivity contribution in [2.24, 2.45) is 11.7 Å². The van der Waals surface area contributed by atoms with Gasteiger partial charge in [-0.1, -0.05) is 13.8 Å². The summed E-state index contributed by atoms with van der Waals surface area (Å²) in [6.07, 6.45) is 1.53. The summed E-state index contributed by atoms with van der Waals surface area (Å²) >= 11 is 0. The van der Waals surface area contributed by atoms with Gasteiger partial charge in [0.25, 0.3) is 0 Å². The molecule has 1 rings (SSSR count). The molecule has 0 aliphatic carbocycles. The second-order valence-corrected chi connectivity index (χ2v) is 3.74. The van der Waals surface area contributed by atoms with Crippen molar-refractivity contribution in [3.63, 3.8) is 0 Å². The third-order valence-corrected chi connectivity index (χ3v) is 2.25. The Hall–Kier alpha value is -1.20. The lowest BCUT2D eigenvalue weighted by atomic mass is 10.1. The second-order valence-electron chi connectivity index (χ2n) is 3.74. The average molecular weight is 210 g/mol. The fourth-order valence-corrected chi connectivity index (χ4v) is 1.40. The number of nitrogens with zero attached hydrogens (tertiary/aromatic N) is 2. The molecule has 5 heteroatoms. The van der Waals surface area contributed by atoms with Gasteiger partial charge in [-0.3, -0.25) is 0 Å². The van der Waals surface area contributed by atoms with Crippen molar-refractivity contribution in [1.82, 2.24) is 9.97 Å². The molecule has 1 atom stereocenters. The van der Waals surface area contributed by atoms with Gasteiger partial charge < -0.3 is 16.2 Å². The molecular weight excluding hydrogens is 192 g/mol. The molecule has 0 fully saturated rings. The number of aromatic nitrogens is 2. The standard InChI is InChI=1S/C10H18N4O/c1-6(2)8(15-3)10-13-5-7(4-11)9(12)14-10/h5-6,8H,4,11H2,1-3H3,(H2,12,13,14). The van der Waals surface area contributed by atoms with Crippen LogP contribution >= 0.6 is 0 Å². The van der Waals surface area contributed by atoms with Crippen LogP contribution in [0.15, 0.2) is 6.20 Å². The number of nitrogens with two attached hydrogens (primary N) is 2. The van der Waals surface area contributed by atoms with Crippen molar-refractivity contribution in [2.75, 3.05) is 12.8 Å².